The lowest BCUT2D eigenvalue weighted by molar-refractivity contribution is -0.142. The number of rotatable bonds is 11. The van der Waals surface area contributed by atoms with Gasteiger partial charge in [0.2, 0.25) is 5.91 Å². The van der Waals surface area contributed by atoms with Gasteiger partial charge in [0.05, 0.1) is 0 Å². The zero-order valence-corrected chi connectivity index (χ0v) is 20.2. The van der Waals surface area contributed by atoms with Gasteiger partial charge in [0.25, 0.3) is 5.91 Å². The van der Waals surface area contributed by atoms with E-state index in [0.717, 1.165) is 21.9 Å². The molecule has 7 nitrogen and oxygen atoms in total. The smallest absolute Gasteiger partial charge is 0.326 e. The molecule has 4 aromatic rings. The molecule has 0 aliphatic rings. The molecule has 0 heterocycles. The average molecular weight is 497 g/mol. The number of aliphatic carboxylic acids is 1. The normalized spacial score (nSPS) is 12.3. The van der Waals surface area contributed by atoms with Crippen LogP contribution in [0.2, 0.25) is 0 Å². The van der Waals surface area contributed by atoms with Gasteiger partial charge in [0.1, 0.15) is 17.8 Å². The standard InChI is InChI=1S/C30H28N2O5/c33-28(20-37-27-17-9-15-23-14-7-8-16-24(23)27)31-25(18-21-10-3-1-4-11-21)29(34)32-26(30(35)36)19-22-12-5-2-6-13-22/h1-17,25-26H,18-20H2,(H,31,33)(H,32,34)(H,35,36)/t25-,26-/m0/s1. The quantitative estimate of drug-likeness (QED) is 0.293. The number of nitrogens with one attached hydrogen (secondary N) is 2. The minimum Gasteiger partial charge on any atom is -0.483 e. The molecule has 0 bridgehead atoms. The topological polar surface area (TPSA) is 105 Å². The van der Waals surface area contributed by atoms with Crippen LogP contribution in [0.4, 0.5) is 0 Å². The van der Waals surface area contributed by atoms with Crippen molar-refractivity contribution in [1.82, 2.24) is 10.6 Å². The Hall–Kier alpha value is -4.65. The van der Waals surface area contributed by atoms with Crippen molar-refractivity contribution in [2.45, 2.75) is 24.9 Å². The highest BCUT2D eigenvalue weighted by Gasteiger charge is 2.27. The van der Waals surface area contributed by atoms with Gasteiger partial charge in [-0.15, -0.1) is 0 Å². The Morgan fingerprint density at radius 2 is 1.24 bits per heavy atom. The van der Waals surface area contributed by atoms with Gasteiger partial charge in [0.15, 0.2) is 6.61 Å². The summed E-state index contributed by atoms with van der Waals surface area (Å²) in [7, 11) is 0. The molecule has 2 amide bonds. The second-order valence-corrected chi connectivity index (χ2v) is 8.66. The SMILES string of the molecule is O=C(COc1cccc2ccccc12)N[C@@H](Cc1ccccc1)C(=O)N[C@@H](Cc1ccccc1)C(=O)O. The zero-order chi connectivity index (χ0) is 26.0. The Morgan fingerprint density at radius 3 is 1.89 bits per heavy atom. The molecule has 2 atom stereocenters. The Kier molecular flexibility index (Phi) is 8.49. The number of fused-ring (bicyclic) bond motifs is 1. The molecule has 0 radical (unpaired) electrons. The summed E-state index contributed by atoms with van der Waals surface area (Å²) in [6.07, 6.45) is 0.322. The number of hydrogen-bond donors (Lipinski definition) is 3. The summed E-state index contributed by atoms with van der Waals surface area (Å²) in [5, 5.41) is 16.9. The first kappa shape index (κ1) is 25.4. The van der Waals surface area contributed by atoms with Crippen molar-refractivity contribution >= 4 is 28.6 Å². The predicted molar refractivity (Wildman–Crippen MR) is 141 cm³/mol. The number of carbonyl (C=O) groups is 3. The fourth-order valence-electron chi connectivity index (χ4n) is 4.08. The average Bonchev–Trinajstić information content (AvgIpc) is 2.92. The van der Waals surface area contributed by atoms with Crippen LogP contribution < -0.4 is 15.4 Å². The monoisotopic (exact) mass is 496 g/mol. The van der Waals surface area contributed by atoms with E-state index in [2.05, 4.69) is 10.6 Å². The van der Waals surface area contributed by atoms with Crippen molar-refractivity contribution < 1.29 is 24.2 Å². The van der Waals surface area contributed by atoms with Crippen LogP contribution in [-0.2, 0) is 27.2 Å². The van der Waals surface area contributed by atoms with E-state index in [1.165, 1.54) is 0 Å². The molecule has 37 heavy (non-hydrogen) atoms. The highest BCUT2D eigenvalue weighted by molar-refractivity contribution is 5.92. The summed E-state index contributed by atoms with van der Waals surface area (Å²) in [4.78, 5) is 37.9. The minimum absolute atomic E-state index is 0.123. The lowest BCUT2D eigenvalue weighted by Crippen LogP contribution is -2.53. The minimum atomic E-state index is -1.15. The first-order valence-electron chi connectivity index (χ1n) is 12.0. The summed E-state index contributed by atoms with van der Waals surface area (Å²) in [5.74, 6) is -1.66. The van der Waals surface area contributed by atoms with Crippen molar-refractivity contribution in [3.05, 3.63) is 114 Å². The van der Waals surface area contributed by atoms with E-state index in [0.29, 0.717) is 5.75 Å². The molecule has 0 aromatic heterocycles. The van der Waals surface area contributed by atoms with Crippen LogP contribution in [0.15, 0.2) is 103 Å². The van der Waals surface area contributed by atoms with Gasteiger partial charge < -0.3 is 20.5 Å². The second-order valence-electron chi connectivity index (χ2n) is 8.66. The Bertz CT molecular complexity index is 1350. The molecule has 0 spiro atoms. The molecule has 0 fully saturated rings. The van der Waals surface area contributed by atoms with Gasteiger partial charge in [-0.05, 0) is 22.6 Å². The number of ether oxygens (including phenoxy) is 1. The van der Waals surface area contributed by atoms with E-state index in [4.69, 9.17) is 4.74 Å². The van der Waals surface area contributed by atoms with E-state index < -0.39 is 29.9 Å². The summed E-state index contributed by atoms with van der Waals surface area (Å²) >= 11 is 0. The fraction of sp³-hybridized carbons (Fsp3) is 0.167. The van der Waals surface area contributed by atoms with Crippen molar-refractivity contribution in [3.63, 3.8) is 0 Å². The van der Waals surface area contributed by atoms with E-state index in [9.17, 15) is 19.5 Å². The van der Waals surface area contributed by atoms with Crippen molar-refractivity contribution in [1.29, 1.82) is 0 Å². The maximum atomic E-state index is 13.2. The first-order valence-corrected chi connectivity index (χ1v) is 12.0. The van der Waals surface area contributed by atoms with Gasteiger partial charge in [-0.25, -0.2) is 4.79 Å². The van der Waals surface area contributed by atoms with Gasteiger partial charge >= 0.3 is 5.97 Å². The molecular formula is C30H28N2O5. The van der Waals surface area contributed by atoms with E-state index >= 15 is 0 Å². The molecule has 0 aliphatic carbocycles. The highest BCUT2D eigenvalue weighted by atomic mass is 16.5. The van der Waals surface area contributed by atoms with Crippen molar-refractivity contribution in [3.8, 4) is 5.75 Å². The molecule has 188 valence electrons. The third kappa shape index (κ3) is 7.18. The second kappa shape index (κ2) is 12.4. The summed E-state index contributed by atoms with van der Waals surface area (Å²) in [5.41, 5.74) is 1.61. The van der Waals surface area contributed by atoms with Crippen LogP contribution in [0, 0.1) is 0 Å². The molecule has 4 rings (SSSR count). The highest BCUT2D eigenvalue weighted by Crippen LogP contribution is 2.25. The fourth-order valence-corrected chi connectivity index (χ4v) is 4.08. The Morgan fingerprint density at radius 1 is 0.676 bits per heavy atom. The maximum Gasteiger partial charge on any atom is 0.326 e. The van der Waals surface area contributed by atoms with Crippen LogP contribution >= 0.6 is 0 Å². The summed E-state index contributed by atoms with van der Waals surface area (Å²) < 4.78 is 5.77. The van der Waals surface area contributed by atoms with Gasteiger partial charge in [-0.3, -0.25) is 9.59 Å². The van der Waals surface area contributed by atoms with Crippen LogP contribution in [0.25, 0.3) is 10.8 Å². The summed E-state index contributed by atoms with van der Waals surface area (Å²) in [6.45, 7) is -0.293. The number of carboxylic acid groups (broad SMARTS) is 1. The molecule has 0 saturated heterocycles. The van der Waals surface area contributed by atoms with Gasteiger partial charge in [-0.1, -0.05) is 97.1 Å². The third-order valence-electron chi connectivity index (χ3n) is 5.94. The molecule has 0 aliphatic heterocycles. The van der Waals surface area contributed by atoms with Crippen LogP contribution in [-0.4, -0.2) is 41.6 Å². The maximum absolute atomic E-state index is 13.2. The van der Waals surface area contributed by atoms with Crippen molar-refractivity contribution in [2.75, 3.05) is 6.61 Å². The molecule has 3 N–H and O–H groups in total. The van der Waals surface area contributed by atoms with Gasteiger partial charge in [-0.2, -0.15) is 0 Å². The largest absolute Gasteiger partial charge is 0.483 e. The van der Waals surface area contributed by atoms with Crippen molar-refractivity contribution in [2.24, 2.45) is 0 Å². The molecule has 0 unspecified atom stereocenters. The number of carbonyl (C=O) groups excluding carboxylic acids is 2. The number of hydrogen-bond acceptors (Lipinski definition) is 4. The number of benzene rings is 4. The number of amides is 2. The van der Waals surface area contributed by atoms with E-state index in [1.807, 2.05) is 84.9 Å². The molecule has 7 heteroatoms. The first-order chi connectivity index (χ1) is 18.0. The zero-order valence-electron chi connectivity index (χ0n) is 20.2. The van der Waals surface area contributed by atoms with E-state index in [-0.39, 0.29) is 19.4 Å². The predicted octanol–water partition coefficient (Wildman–Crippen LogP) is 3.76. The molecule has 4 aromatic carbocycles. The van der Waals surface area contributed by atoms with Crippen LogP contribution in [0.5, 0.6) is 5.75 Å². The summed E-state index contributed by atoms with van der Waals surface area (Å²) in [6, 6.07) is 29.4. The third-order valence-corrected chi connectivity index (χ3v) is 5.94. The molecule has 0 saturated carbocycles. The van der Waals surface area contributed by atoms with Crippen LogP contribution in [0.1, 0.15) is 11.1 Å². The molecular weight excluding hydrogens is 468 g/mol. The van der Waals surface area contributed by atoms with E-state index in [1.54, 1.807) is 18.2 Å². The number of carboxylic acids is 1. The lowest BCUT2D eigenvalue weighted by Gasteiger charge is -2.22. The van der Waals surface area contributed by atoms with Gasteiger partial charge in [0, 0.05) is 18.2 Å². The van der Waals surface area contributed by atoms with Crippen LogP contribution in [0.3, 0.4) is 0 Å². The Labute approximate surface area is 215 Å². The Balaban J connectivity index is 1.45. The lowest BCUT2D eigenvalue weighted by atomic mass is 10.0.